The van der Waals surface area contributed by atoms with Crippen LogP contribution in [0, 0.1) is 0 Å². The first-order valence-corrected chi connectivity index (χ1v) is 9.14. The van der Waals surface area contributed by atoms with Gasteiger partial charge < -0.3 is 9.16 Å². The molecule has 0 unspecified atom stereocenters. The molecule has 0 aliphatic carbocycles. The van der Waals surface area contributed by atoms with Gasteiger partial charge in [-0.25, -0.2) is 0 Å². The number of hydrogen-bond acceptors (Lipinski definition) is 2. The Kier molecular flexibility index (Phi) is 13.3. The van der Waals surface area contributed by atoms with Crippen molar-refractivity contribution in [2.45, 2.75) is 65.0 Å². The molecule has 2 nitrogen and oxygen atoms in total. The minimum atomic E-state index is -0.876. The van der Waals surface area contributed by atoms with Crippen molar-refractivity contribution in [1.82, 2.24) is 0 Å². The third-order valence-corrected chi connectivity index (χ3v) is 5.56. The predicted molar refractivity (Wildman–Crippen MR) is 73.6 cm³/mol. The summed E-state index contributed by atoms with van der Waals surface area (Å²) >= 11 is 0. The lowest BCUT2D eigenvalue weighted by Crippen LogP contribution is -2.19. The second kappa shape index (κ2) is 13.2. The van der Waals surface area contributed by atoms with Gasteiger partial charge in [-0.1, -0.05) is 39.5 Å². The lowest BCUT2D eigenvalue weighted by Gasteiger charge is -2.15. The maximum atomic E-state index is 6.05. The van der Waals surface area contributed by atoms with Crippen LogP contribution in [-0.2, 0) is 9.16 Å². The third-order valence-electron chi connectivity index (χ3n) is 2.75. The van der Waals surface area contributed by atoms with E-state index in [0.717, 1.165) is 26.2 Å². The maximum absolute atomic E-state index is 6.05. The third kappa shape index (κ3) is 10.6. The topological polar surface area (TPSA) is 18.5 Å². The number of unbranched alkanes of at least 4 members (excludes halogenated alkanes) is 2. The van der Waals surface area contributed by atoms with E-state index < -0.39 is 9.04 Å². The van der Waals surface area contributed by atoms with Gasteiger partial charge in [-0.3, -0.25) is 0 Å². The molecule has 0 N–H and O–H groups in total. The Morgan fingerprint density at radius 3 is 1.94 bits per heavy atom. The van der Waals surface area contributed by atoms with Crippen molar-refractivity contribution >= 4 is 9.04 Å². The summed E-state index contributed by atoms with van der Waals surface area (Å²) in [5.74, 6) is 0. The second-order valence-electron chi connectivity index (χ2n) is 4.33. The quantitative estimate of drug-likeness (QED) is 0.386. The minimum absolute atomic E-state index is 0.826. The monoisotopic (exact) mass is 246 g/mol. The van der Waals surface area contributed by atoms with Crippen LogP contribution in [0.3, 0.4) is 0 Å². The fourth-order valence-corrected chi connectivity index (χ4v) is 4.58. The van der Waals surface area contributed by atoms with E-state index >= 15 is 0 Å². The van der Waals surface area contributed by atoms with Crippen molar-refractivity contribution in [1.29, 1.82) is 0 Å². The second-order valence-corrected chi connectivity index (χ2v) is 7.06. The number of rotatable bonds is 12. The lowest BCUT2D eigenvalue weighted by atomic mass is 10.4. The summed E-state index contributed by atoms with van der Waals surface area (Å²) in [6.07, 6.45) is 6.38. The van der Waals surface area contributed by atoms with Gasteiger partial charge in [0.1, 0.15) is 0 Å². The number of ether oxygens (including phenoxy) is 1. The predicted octanol–water partition coefficient (Wildman–Crippen LogP) is 3.75. The zero-order chi connectivity index (χ0) is 12.1. The highest BCUT2D eigenvalue weighted by molar-refractivity contribution is 6.51. The van der Waals surface area contributed by atoms with Crippen molar-refractivity contribution in [2.75, 3.05) is 19.8 Å². The fraction of sp³-hybridized carbons (Fsp3) is 1.00. The molecule has 0 aromatic carbocycles. The fourth-order valence-electron chi connectivity index (χ4n) is 1.73. The van der Waals surface area contributed by atoms with Crippen LogP contribution >= 0.6 is 0 Å². The van der Waals surface area contributed by atoms with Gasteiger partial charge in [0.2, 0.25) is 0 Å². The summed E-state index contributed by atoms with van der Waals surface area (Å²) in [5, 5.41) is 0. The van der Waals surface area contributed by atoms with E-state index in [-0.39, 0.29) is 0 Å². The van der Waals surface area contributed by atoms with Crippen LogP contribution in [0.5, 0.6) is 0 Å². The Morgan fingerprint density at radius 1 is 0.812 bits per heavy atom. The summed E-state index contributed by atoms with van der Waals surface area (Å²) < 4.78 is 11.4. The van der Waals surface area contributed by atoms with E-state index in [1.807, 2.05) is 6.92 Å². The van der Waals surface area contributed by atoms with Crippen LogP contribution < -0.4 is 0 Å². The highest BCUT2D eigenvalue weighted by Crippen LogP contribution is 2.11. The van der Waals surface area contributed by atoms with Gasteiger partial charge in [-0.05, 0) is 25.4 Å². The first kappa shape index (κ1) is 16.1. The average Bonchev–Trinajstić information content (AvgIpc) is 2.31. The van der Waals surface area contributed by atoms with E-state index in [0.29, 0.717) is 0 Å². The van der Waals surface area contributed by atoms with Crippen molar-refractivity contribution in [3.05, 3.63) is 0 Å². The Morgan fingerprint density at radius 2 is 1.44 bits per heavy atom. The summed E-state index contributed by atoms with van der Waals surface area (Å²) in [6.45, 7) is 9.18. The average molecular weight is 246 g/mol. The molecule has 0 radical (unpaired) electrons. The molecule has 3 heteroatoms. The molecular weight excluding hydrogens is 216 g/mol. The molecule has 0 aromatic rings. The summed E-state index contributed by atoms with van der Waals surface area (Å²) in [4.78, 5) is 0. The molecule has 0 aromatic heterocycles. The van der Waals surface area contributed by atoms with Crippen LogP contribution in [0.2, 0.25) is 12.1 Å². The van der Waals surface area contributed by atoms with Crippen LogP contribution in [-0.4, -0.2) is 28.9 Å². The molecule has 0 fully saturated rings. The molecule has 0 saturated heterocycles. The van der Waals surface area contributed by atoms with E-state index in [4.69, 9.17) is 9.16 Å². The first-order chi connectivity index (χ1) is 7.85. The van der Waals surface area contributed by atoms with Gasteiger partial charge in [-0.2, -0.15) is 0 Å². The van der Waals surface area contributed by atoms with Crippen LogP contribution in [0.1, 0.15) is 52.9 Å². The molecule has 16 heavy (non-hydrogen) atoms. The first-order valence-electron chi connectivity index (χ1n) is 7.04. The SMILES string of the molecule is CCCC[SiH](CCCC)OCCCOCC. The maximum Gasteiger partial charge on any atom is 0.176 e. The molecular formula is C13H30O2Si. The minimum Gasteiger partial charge on any atom is -0.420 e. The zero-order valence-corrected chi connectivity index (χ0v) is 12.6. The standard InChI is InChI=1S/C13H30O2Si/c1-4-7-12-16(13-8-5-2)15-11-9-10-14-6-3/h16H,4-13H2,1-3H3. The van der Waals surface area contributed by atoms with Gasteiger partial charge in [0.25, 0.3) is 0 Å². The van der Waals surface area contributed by atoms with Gasteiger partial charge in [0, 0.05) is 19.8 Å². The Labute approximate surface area is 103 Å². The Balaban J connectivity index is 3.48. The molecule has 0 rings (SSSR count). The molecule has 0 heterocycles. The highest BCUT2D eigenvalue weighted by atomic mass is 28.3. The lowest BCUT2D eigenvalue weighted by molar-refractivity contribution is 0.130. The Bertz CT molecular complexity index is 123. The van der Waals surface area contributed by atoms with Crippen LogP contribution in [0.4, 0.5) is 0 Å². The van der Waals surface area contributed by atoms with Gasteiger partial charge in [0.15, 0.2) is 9.04 Å². The largest absolute Gasteiger partial charge is 0.420 e. The summed E-state index contributed by atoms with van der Waals surface area (Å²) in [5.41, 5.74) is 0. The van der Waals surface area contributed by atoms with Gasteiger partial charge >= 0.3 is 0 Å². The van der Waals surface area contributed by atoms with E-state index in [1.54, 1.807) is 0 Å². The highest BCUT2D eigenvalue weighted by Gasteiger charge is 2.10. The summed E-state index contributed by atoms with van der Waals surface area (Å²) in [6, 6.07) is 2.73. The smallest absolute Gasteiger partial charge is 0.176 e. The molecule has 0 saturated carbocycles. The van der Waals surface area contributed by atoms with Gasteiger partial charge in [0.05, 0.1) is 0 Å². The normalized spacial score (nSPS) is 11.2. The van der Waals surface area contributed by atoms with Gasteiger partial charge in [-0.15, -0.1) is 0 Å². The Hall–Kier alpha value is 0.137. The van der Waals surface area contributed by atoms with Crippen molar-refractivity contribution in [3.8, 4) is 0 Å². The van der Waals surface area contributed by atoms with Crippen LogP contribution in [0.15, 0.2) is 0 Å². The van der Waals surface area contributed by atoms with E-state index in [9.17, 15) is 0 Å². The molecule has 0 bridgehead atoms. The van der Waals surface area contributed by atoms with Crippen molar-refractivity contribution in [2.24, 2.45) is 0 Å². The molecule has 0 amide bonds. The molecule has 0 spiro atoms. The van der Waals surface area contributed by atoms with Crippen molar-refractivity contribution < 1.29 is 9.16 Å². The summed E-state index contributed by atoms with van der Waals surface area (Å²) in [7, 11) is -0.876. The zero-order valence-electron chi connectivity index (χ0n) is 11.5. The molecule has 0 aliphatic heterocycles. The van der Waals surface area contributed by atoms with E-state index in [2.05, 4.69) is 13.8 Å². The molecule has 0 atom stereocenters. The van der Waals surface area contributed by atoms with Crippen LogP contribution in [0.25, 0.3) is 0 Å². The number of hydrogen-bond donors (Lipinski definition) is 0. The molecule has 0 aliphatic rings. The molecule has 98 valence electrons. The van der Waals surface area contributed by atoms with Crippen molar-refractivity contribution in [3.63, 3.8) is 0 Å². The van der Waals surface area contributed by atoms with E-state index in [1.165, 1.54) is 37.8 Å².